The quantitative estimate of drug-likeness (QED) is 0.709. The Morgan fingerprint density at radius 2 is 1.95 bits per heavy atom. The van der Waals surface area contributed by atoms with Crippen LogP contribution in [0.3, 0.4) is 0 Å². The van der Waals surface area contributed by atoms with Crippen molar-refractivity contribution in [3.8, 4) is 0 Å². The fraction of sp³-hybridized carbons (Fsp3) is 0.235. The van der Waals surface area contributed by atoms with Crippen molar-refractivity contribution in [2.24, 2.45) is 0 Å². The molecule has 0 saturated carbocycles. The molecule has 20 heavy (non-hydrogen) atoms. The van der Waals surface area contributed by atoms with Gasteiger partial charge in [-0.05, 0) is 29.7 Å². The number of benzene rings is 2. The summed E-state index contributed by atoms with van der Waals surface area (Å²) in [7, 11) is 0. The molecule has 2 aromatic carbocycles. The van der Waals surface area contributed by atoms with E-state index in [1.54, 1.807) is 0 Å². The molecule has 3 heteroatoms. The zero-order valence-corrected chi connectivity index (χ0v) is 11.2. The predicted molar refractivity (Wildman–Crippen MR) is 78.6 cm³/mol. The van der Waals surface area contributed by atoms with Gasteiger partial charge in [-0.3, -0.25) is 0 Å². The normalized spacial score (nSPS) is 18.1. The van der Waals surface area contributed by atoms with E-state index in [4.69, 9.17) is 4.74 Å². The van der Waals surface area contributed by atoms with E-state index in [-0.39, 0.29) is 6.10 Å². The van der Waals surface area contributed by atoms with Crippen LogP contribution in [0, 0.1) is 0 Å². The Kier molecular flexibility index (Phi) is 2.78. The number of hydrogen-bond donors (Lipinski definition) is 0. The smallest absolute Gasteiger partial charge is 0.101 e. The van der Waals surface area contributed by atoms with Crippen molar-refractivity contribution in [3.05, 3.63) is 66.0 Å². The van der Waals surface area contributed by atoms with E-state index >= 15 is 0 Å². The summed E-state index contributed by atoms with van der Waals surface area (Å²) < 4.78 is 8.16. The highest BCUT2D eigenvalue weighted by molar-refractivity contribution is 5.74. The maximum absolute atomic E-state index is 5.98. The molecule has 1 unspecified atom stereocenters. The molecule has 1 aromatic heterocycles. The van der Waals surface area contributed by atoms with Gasteiger partial charge in [-0.2, -0.15) is 0 Å². The van der Waals surface area contributed by atoms with Crippen molar-refractivity contribution in [3.63, 3.8) is 0 Å². The summed E-state index contributed by atoms with van der Waals surface area (Å²) in [6.07, 6.45) is 3.04. The molecule has 4 rings (SSSR count). The first-order chi connectivity index (χ1) is 9.92. The minimum Gasteiger partial charge on any atom is -0.371 e. The highest BCUT2D eigenvalue weighted by Crippen LogP contribution is 2.29. The van der Waals surface area contributed by atoms with E-state index < -0.39 is 0 Å². The number of fused-ring (bicyclic) bond motifs is 2. The maximum atomic E-state index is 5.98. The molecule has 1 aliphatic heterocycles. The fourth-order valence-corrected chi connectivity index (χ4v) is 2.96. The average molecular weight is 264 g/mol. The lowest BCUT2D eigenvalue weighted by molar-refractivity contribution is 0.0313. The highest BCUT2D eigenvalue weighted by atomic mass is 16.5. The monoisotopic (exact) mass is 264 g/mol. The topological polar surface area (TPSA) is 27.1 Å². The highest BCUT2D eigenvalue weighted by Gasteiger charge is 2.21. The van der Waals surface area contributed by atoms with Gasteiger partial charge in [-0.1, -0.05) is 36.4 Å². The van der Waals surface area contributed by atoms with Gasteiger partial charge in [0.25, 0.3) is 0 Å². The van der Waals surface area contributed by atoms with Crippen molar-refractivity contribution in [1.82, 2.24) is 9.55 Å². The van der Waals surface area contributed by atoms with Crippen LogP contribution in [-0.4, -0.2) is 16.2 Å². The zero-order valence-electron chi connectivity index (χ0n) is 11.2. The number of imidazole rings is 1. The summed E-state index contributed by atoms with van der Waals surface area (Å²) in [4.78, 5) is 4.45. The van der Waals surface area contributed by atoms with Crippen molar-refractivity contribution >= 4 is 11.0 Å². The molecule has 0 amide bonds. The Morgan fingerprint density at radius 3 is 2.95 bits per heavy atom. The number of ether oxygens (including phenoxy) is 1. The SMILES string of the molecule is c1ccc2c(c1)CCOC2Cn1cnc2ccccc21. The Morgan fingerprint density at radius 1 is 1.10 bits per heavy atom. The molecule has 3 nitrogen and oxygen atoms in total. The lowest BCUT2D eigenvalue weighted by atomic mass is 9.97. The number of hydrogen-bond acceptors (Lipinski definition) is 2. The third kappa shape index (κ3) is 1.91. The summed E-state index contributed by atoms with van der Waals surface area (Å²) in [5, 5.41) is 0. The second kappa shape index (κ2) is 4.76. The van der Waals surface area contributed by atoms with Crippen LogP contribution in [0.1, 0.15) is 17.2 Å². The first kappa shape index (κ1) is 11.7. The zero-order chi connectivity index (χ0) is 13.4. The summed E-state index contributed by atoms with van der Waals surface area (Å²) in [6, 6.07) is 16.8. The van der Waals surface area contributed by atoms with Crippen molar-refractivity contribution in [1.29, 1.82) is 0 Å². The molecule has 3 aromatic rings. The molecule has 0 aliphatic carbocycles. The van der Waals surface area contributed by atoms with Gasteiger partial charge >= 0.3 is 0 Å². The first-order valence-electron chi connectivity index (χ1n) is 7.01. The molecular weight excluding hydrogens is 248 g/mol. The van der Waals surface area contributed by atoms with E-state index in [1.807, 2.05) is 18.5 Å². The van der Waals surface area contributed by atoms with Crippen molar-refractivity contribution in [2.45, 2.75) is 19.1 Å². The van der Waals surface area contributed by atoms with Gasteiger partial charge in [0.2, 0.25) is 0 Å². The molecule has 0 bridgehead atoms. The Labute approximate surface area is 117 Å². The minimum atomic E-state index is 0.123. The summed E-state index contributed by atoms with van der Waals surface area (Å²) in [6.45, 7) is 1.62. The van der Waals surface area contributed by atoms with Gasteiger partial charge in [-0.25, -0.2) is 4.98 Å². The summed E-state index contributed by atoms with van der Waals surface area (Å²) >= 11 is 0. The second-order valence-electron chi connectivity index (χ2n) is 5.19. The molecule has 100 valence electrons. The summed E-state index contributed by atoms with van der Waals surface area (Å²) in [5.74, 6) is 0. The van der Waals surface area contributed by atoms with E-state index in [0.717, 1.165) is 25.1 Å². The van der Waals surface area contributed by atoms with Crippen LogP contribution in [-0.2, 0) is 17.7 Å². The van der Waals surface area contributed by atoms with Crippen molar-refractivity contribution < 1.29 is 4.74 Å². The van der Waals surface area contributed by atoms with Crippen LogP contribution < -0.4 is 0 Å². The van der Waals surface area contributed by atoms with E-state index in [0.29, 0.717) is 0 Å². The van der Waals surface area contributed by atoms with Gasteiger partial charge in [0.15, 0.2) is 0 Å². The van der Waals surface area contributed by atoms with Gasteiger partial charge < -0.3 is 9.30 Å². The Bertz CT molecular complexity index is 747. The molecule has 1 aliphatic rings. The minimum absolute atomic E-state index is 0.123. The Hall–Kier alpha value is -2.13. The van der Waals surface area contributed by atoms with Crippen LogP contribution in [0.5, 0.6) is 0 Å². The molecule has 0 spiro atoms. The first-order valence-corrected chi connectivity index (χ1v) is 7.01. The van der Waals surface area contributed by atoms with E-state index in [2.05, 4.69) is 45.9 Å². The maximum Gasteiger partial charge on any atom is 0.101 e. The van der Waals surface area contributed by atoms with Crippen LogP contribution >= 0.6 is 0 Å². The van der Waals surface area contributed by atoms with Crippen molar-refractivity contribution in [2.75, 3.05) is 6.61 Å². The lowest BCUT2D eigenvalue weighted by Gasteiger charge is -2.26. The average Bonchev–Trinajstić information content (AvgIpc) is 2.91. The van der Waals surface area contributed by atoms with E-state index in [9.17, 15) is 0 Å². The standard InChI is InChI=1S/C17H16N2O/c1-2-6-14-13(5-1)9-10-20-17(14)11-19-12-18-15-7-3-4-8-16(15)19/h1-8,12,17H,9-11H2. The molecule has 1 atom stereocenters. The molecule has 0 N–H and O–H groups in total. The number of para-hydroxylation sites is 2. The predicted octanol–water partition coefficient (Wildman–Crippen LogP) is 3.35. The van der Waals surface area contributed by atoms with Gasteiger partial charge in [-0.15, -0.1) is 0 Å². The molecular formula is C17H16N2O. The fourth-order valence-electron chi connectivity index (χ4n) is 2.96. The van der Waals surface area contributed by atoms with Gasteiger partial charge in [0.1, 0.15) is 6.10 Å². The Balaban J connectivity index is 1.70. The van der Waals surface area contributed by atoms with E-state index in [1.165, 1.54) is 16.6 Å². The largest absolute Gasteiger partial charge is 0.371 e. The molecule has 0 radical (unpaired) electrons. The second-order valence-corrected chi connectivity index (χ2v) is 5.19. The number of aromatic nitrogens is 2. The molecule has 2 heterocycles. The van der Waals surface area contributed by atoms with Crippen LogP contribution in [0.4, 0.5) is 0 Å². The van der Waals surface area contributed by atoms with Gasteiger partial charge in [0, 0.05) is 0 Å². The van der Waals surface area contributed by atoms with Crippen LogP contribution in [0.2, 0.25) is 0 Å². The molecule has 0 fully saturated rings. The van der Waals surface area contributed by atoms with Crippen LogP contribution in [0.25, 0.3) is 11.0 Å². The molecule has 0 saturated heterocycles. The number of nitrogens with zero attached hydrogens (tertiary/aromatic N) is 2. The van der Waals surface area contributed by atoms with Crippen LogP contribution in [0.15, 0.2) is 54.9 Å². The van der Waals surface area contributed by atoms with Gasteiger partial charge in [0.05, 0.1) is 30.5 Å². The third-order valence-electron chi connectivity index (χ3n) is 3.98. The lowest BCUT2D eigenvalue weighted by Crippen LogP contribution is -2.20. The third-order valence-corrected chi connectivity index (χ3v) is 3.98. The number of rotatable bonds is 2. The summed E-state index contributed by atoms with van der Waals surface area (Å²) in [5.41, 5.74) is 4.93.